The minimum atomic E-state index is -0.929. The van der Waals surface area contributed by atoms with Crippen molar-refractivity contribution in [2.75, 3.05) is 12.4 Å². The van der Waals surface area contributed by atoms with E-state index in [1.165, 1.54) is 0 Å². The predicted molar refractivity (Wildman–Crippen MR) is 73.8 cm³/mol. The fourth-order valence-corrected chi connectivity index (χ4v) is 2.18. The number of anilines is 1. The first-order valence-corrected chi connectivity index (χ1v) is 6.48. The Balaban J connectivity index is 1.89. The summed E-state index contributed by atoms with van der Waals surface area (Å²) in [4.78, 5) is 22.6. The Morgan fingerprint density at radius 2 is 2.05 bits per heavy atom. The molecule has 0 bridgehead atoms. The highest BCUT2D eigenvalue weighted by atomic mass is 16.5. The van der Waals surface area contributed by atoms with Gasteiger partial charge in [-0.15, -0.1) is 0 Å². The minimum absolute atomic E-state index is 0.117. The Labute approximate surface area is 117 Å². The van der Waals surface area contributed by atoms with E-state index >= 15 is 0 Å². The molecule has 108 valence electrons. The van der Waals surface area contributed by atoms with Crippen LogP contribution in [0, 0.1) is 0 Å². The van der Waals surface area contributed by atoms with Crippen LogP contribution in [0.1, 0.15) is 18.4 Å². The molecule has 0 radical (unpaired) electrons. The predicted octanol–water partition coefficient (Wildman–Crippen LogP) is 1.61. The molecule has 1 fully saturated rings. The van der Waals surface area contributed by atoms with Gasteiger partial charge in [0.1, 0.15) is 0 Å². The quantitative estimate of drug-likeness (QED) is 0.763. The highest BCUT2D eigenvalue weighted by molar-refractivity contribution is 5.91. The van der Waals surface area contributed by atoms with Gasteiger partial charge in [-0.3, -0.25) is 4.79 Å². The zero-order chi connectivity index (χ0) is 14.5. The number of nitrogens with one attached hydrogen (secondary N) is 2. The first kappa shape index (κ1) is 14.3. The number of methoxy groups -OCH3 is 1. The van der Waals surface area contributed by atoms with Crippen LogP contribution in [0.25, 0.3) is 0 Å². The van der Waals surface area contributed by atoms with Crippen LogP contribution < -0.4 is 10.6 Å². The molecule has 0 aliphatic heterocycles. The summed E-state index contributed by atoms with van der Waals surface area (Å²) in [6.45, 7) is 0. The van der Waals surface area contributed by atoms with Crippen LogP contribution in [0.15, 0.2) is 24.3 Å². The molecule has 2 amide bonds. The van der Waals surface area contributed by atoms with Crippen molar-refractivity contribution in [1.29, 1.82) is 0 Å². The second kappa shape index (κ2) is 6.38. The van der Waals surface area contributed by atoms with Crippen molar-refractivity contribution in [3.05, 3.63) is 29.8 Å². The van der Waals surface area contributed by atoms with Crippen molar-refractivity contribution in [3.8, 4) is 0 Å². The number of aliphatic carboxylic acids is 1. The molecule has 1 aliphatic rings. The fraction of sp³-hybridized carbons (Fsp3) is 0.429. The van der Waals surface area contributed by atoms with Crippen molar-refractivity contribution in [2.45, 2.75) is 31.4 Å². The fourth-order valence-electron chi connectivity index (χ4n) is 2.18. The molecule has 0 spiro atoms. The standard InChI is InChI=1S/C14H18N2O4/c1-20-11-7-10(8-11)15-14(19)16-12-5-3-2-4-9(12)6-13(17)18/h2-5,10-11H,6-8H2,1H3,(H,17,18)(H2,15,16,19). The van der Waals surface area contributed by atoms with E-state index in [0.29, 0.717) is 11.3 Å². The van der Waals surface area contributed by atoms with Gasteiger partial charge in [0.2, 0.25) is 0 Å². The lowest BCUT2D eigenvalue weighted by molar-refractivity contribution is -0.136. The first-order valence-electron chi connectivity index (χ1n) is 6.48. The van der Waals surface area contributed by atoms with E-state index in [2.05, 4.69) is 10.6 Å². The molecule has 6 nitrogen and oxygen atoms in total. The van der Waals surface area contributed by atoms with Gasteiger partial charge in [-0.2, -0.15) is 0 Å². The number of urea groups is 1. The number of carboxylic acids is 1. The number of amides is 2. The molecule has 1 aromatic rings. The van der Waals surface area contributed by atoms with Gasteiger partial charge in [0.15, 0.2) is 0 Å². The van der Waals surface area contributed by atoms with Crippen LogP contribution in [0.4, 0.5) is 10.5 Å². The zero-order valence-corrected chi connectivity index (χ0v) is 11.3. The van der Waals surface area contributed by atoms with Crippen molar-refractivity contribution in [1.82, 2.24) is 5.32 Å². The molecule has 0 unspecified atom stereocenters. The maximum atomic E-state index is 11.8. The van der Waals surface area contributed by atoms with E-state index in [1.807, 2.05) is 0 Å². The number of ether oxygens (including phenoxy) is 1. The highest BCUT2D eigenvalue weighted by Gasteiger charge is 2.30. The Morgan fingerprint density at radius 1 is 1.35 bits per heavy atom. The van der Waals surface area contributed by atoms with Gasteiger partial charge in [-0.25, -0.2) is 4.79 Å². The number of hydrogen-bond acceptors (Lipinski definition) is 3. The Kier molecular flexibility index (Phi) is 4.57. The van der Waals surface area contributed by atoms with Crippen LogP contribution in [0.3, 0.4) is 0 Å². The van der Waals surface area contributed by atoms with Crippen LogP contribution in [-0.2, 0) is 16.0 Å². The summed E-state index contributed by atoms with van der Waals surface area (Å²) < 4.78 is 5.14. The molecule has 20 heavy (non-hydrogen) atoms. The summed E-state index contributed by atoms with van der Waals surface area (Å²) in [5, 5.41) is 14.4. The average Bonchev–Trinajstić information content (AvgIpc) is 2.35. The number of benzene rings is 1. The van der Waals surface area contributed by atoms with Gasteiger partial charge in [-0.05, 0) is 24.5 Å². The van der Waals surface area contributed by atoms with Gasteiger partial charge >= 0.3 is 12.0 Å². The van der Waals surface area contributed by atoms with E-state index in [1.54, 1.807) is 31.4 Å². The molecule has 0 saturated heterocycles. The van der Waals surface area contributed by atoms with E-state index in [9.17, 15) is 9.59 Å². The summed E-state index contributed by atoms with van der Waals surface area (Å²) in [6, 6.07) is 6.68. The summed E-state index contributed by atoms with van der Waals surface area (Å²) in [5.74, 6) is -0.929. The Morgan fingerprint density at radius 3 is 2.70 bits per heavy atom. The highest BCUT2D eigenvalue weighted by Crippen LogP contribution is 2.23. The molecule has 0 atom stereocenters. The van der Waals surface area contributed by atoms with Gasteiger partial charge in [0, 0.05) is 18.8 Å². The monoisotopic (exact) mass is 278 g/mol. The van der Waals surface area contributed by atoms with E-state index in [0.717, 1.165) is 12.8 Å². The molecular formula is C14H18N2O4. The number of rotatable bonds is 5. The maximum absolute atomic E-state index is 11.8. The lowest BCUT2D eigenvalue weighted by Gasteiger charge is -2.34. The van der Waals surface area contributed by atoms with Gasteiger partial charge in [-0.1, -0.05) is 18.2 Å². The lowest BCUT2D eigenvalue weighted by Crippen LogP contribution is -2.48. The first-order chi connectivity index (χ1) is 9.58. The van der Waals surface area contributed by atoms with E-state index in [-0.39, 0.29) is 24.6 Å². The zero-order valence-electron chi connectivity index (χ0n) is 11.3. The Hall–Kier alpha value is -2.08. The largest absolute Gasteiger partial charge is 0.481 e. The number of carbonyl (C=O) groups excluding carboxylic acids is 1. The summed E-state index contributed by atoms with van der Waals surface area (Å²) >= 11 is 0. The number of carbonyl (C=O) groups is 2. The molecule has 6 heteroatoms. The molecule has 1 saturated carbocycles. The maximum Gasteiger partial charge on any atom is 0.319 e. The third kappa shape index (κ3) is 3.71. The third-order valence-corrected chi connectivity index (χ3v) is 3.37. The summed E-state index contributed by atoms with van der Waals surface area (Å²) in [5.41, 5.74) is 1.11. The molecule has 3 N–H and O–H groups in total. The Bertz CT molecular complexity index is 498. The third-order valence-electron chi connectivity index (χ3n) is 3.37. The molecule has 1 aliphatic carbocycles. The van der Waals surface area contributed by atoms with Crippen molar-refractivity contribution >= 4 is 17.7 Å². The van der Waals surface area contributed by atoms with E-state index < -0.39 is 5.97 Å². The normalized spacial score (nSPS) is 20.9. The minimum Gasteiger partial charge on any atom is -0.481 e. The second-order valence-corrected chi connectivity index (χ2v) is 4.85. The average molecular weight is 278 g/mol. The molecular weight excluding hydrogens is 260 g/mol. The van der Waals surface area contributed by atoms with E-state index in [4.69, 9.17) is 9.84 Å². The van der Waals surface area contributed by atoms with Crippen molar-refractivity contribution in [2.24, 2.45) is 0 Å². The summed E-state index contributed by atoms with van der Waals surface area (Å²) in [6.07, 6.45) is 1.71. The smallest absolute Gasteiger partial charge is 0.319 e. The summed E-state index contributed by atoms with van der Waals surface area (Å²) in [7, 11) is 1.66. The van der Waals surface area contributed by atoms with Gasteiger partial charge in [0.25, 0.3) is 0 Å². The van der Waals surface area contributed by atoms with Crippen LogP contribution in [-0.4, -0.2) is 36.4 Å². The number of carboxylic acid groups (broad SMARTS) is 1. The molecule has 0 aromatic heterocycles. The SMILES string of the molecule is COC1CC(NC(=O)Nc2ccccc2CC(=O)O)C1. The van der Waals surface area contributed by atoms with Gasteiger partial charge in [0.05, 0.1) is 12.5 Å². The number of hydrogen-bond donors (Lipinski definition) is 3. The van der Waals surface area contributed by atoms with Crippen LogP contribution >= 0.6 is 0 Å². The molecule has 0 heterocycles. The molecule has 2 rings (SSSR count). The topological polar surface area (TPSA) is 87.7 Å². The second-order valence-electron chi connectivity index (χ2n) is 4.85. The van der Waals surface area contributed by atoms with Gasteiger partial charge < -0.3 is 20.5 Å². The van der Waals surface area contributed by atoms with Crippen molar-refractivity contribution < 1.29 is 19.4 Å². The molecule has 1 aromatic carbocycles. The lowest BCUT2D eigenvalue weighted by atomic mass is 9.89. The van der Waals surface area contributed by atoms with Crippen LogP contribution in [0.2, 0.25) is 0 Å². The number of para-hydroxylation sites is 1. The van der Waals surface area contributed by atoms with Crippen LogP contribution in [0.5, 0.6) is 0 Å². The van der Waals surface area contributed by atoms with Crippen molar-refractivity contribution in [3.63, 3.8) is 0 Å².